The summed E-state index contributed by atoms with van der Waals surface area (Å²) < 4.78 is 10.7. The number of amides is 1. The van der Waals surface area contributed by atoms with E-state index in [1.165, 1.54) is 0 Å². The summed E-state index contributed by atoms with van der Waals surface area (Å²) >= 11 is 0. The Morgan fingerprint density at radius 3 is 2.39 bits per heavy atom. The standard InChI is InChI=1S/C23H24N2O3/c1-16-12-13-21(28-3)20(14-16)25-23(26)22(17-8-5-4-6-9-17)24-18-10-7-11-19(15-18)27-2/h4-15,22,24H,1-3H3,(H,25,26)/t22-/m0/s1. The molecule has 3 aromatic rings. The fraction of sp³-hybridized carbons (Fsp3) is 0.174. The third-order valence-electron chi connectivity index (χ3n) is 4.39. The third kappa shape index (κ3) is 4.62. The Balaban J connectivity index is 1.90. The molecule has 3 rings (SSSR count). The van der Waals surface area contributed by atoms with E-state index in [2.05, 4.69) is 10.6 Å². The zero-order valence-electron chi connectivity index (χ0n) is 16.2. The van der Waals surface area contributed by atoms with Gasteiger partial charge in [0.05, 0.1) is 19.9 Å². The molecular weight excluding hydrogens is 352 g/mol. The number of anilines is 2. The Morgan fingerprint density at radius 1 is 0.893 bits per heavy atom. The fourth-order valence-corrected chi connectivity index (χ4v) is 2.95. The molecule has 0 radical (unpaired) electrons. The first kappa shape index (κ1) is 19.3. The Morgan fingerprint density at radius 2 is 1.68 bits per heavy atom. The minimum Gasteiger partial charge on any atom is -0.497 e. The zero-order chi connectivity index (χ0) is 19.9. The molecule has 5 heteroatoms. The van der Waals surface area contributed by atoms with Gasteiger partial charge < -0.3 is 20.1 Å². The highest BCUT2D eigenvalue weighted by atomic mass is 16.5. The van der Waals surface area contributed by atoms with Crippen LogP contribution in [0.1, 0.15) is 17.2 Å². The highest BCUT2D eigenvalue weighted by Gasteiger charge is 2.22. The molecule has 0 heterocycles. The van der Waals surface area contributed by atoms with E-state index in [9.17, 15) is 4.79 Å². The van der Waals surface area contributed by atoms with Crippen LogP contribution >= 0.6 is 0 Å². The van der Waals surface area contributed by atoms with Crippen LogP contribution < -0.4 is 20.1 Å². The molecule has 0 aliphatic heterocycles. The van der Waals surface area contributed by atoms with E-state index in [1.54, 1.807) is 14.2 Å². The summed E-state index contributed by atoms with van der Waals surface area (Å²) in [5.41, 5.74) is 3.32. The smallest absolute Gasteiger partial charge is 0.251 e. The summed E-state index contributed by atoms with van der Waals surface area (Å²) in [6, 6.07) is 22.2. The maximum atomic E-state index is 13.2. The summed E-state index contributed by atoms with van der Waals surface area (Å²) in [7, 11) is 3.20. The SMILES string of the molecule is COc1cccc(N[C@H](C(=O)Nc2cc(C)ccc2OC)c2ccccc2)c1. The maximum Gasteiger partial charge on any atom is 0.251 e. The van der Waals surface area contributed by atoms with Gasteiger partial charge >= 0.3 is 0 Å². The topological polar surface area (TPSA) is 59.6 Å². The van der Waals surface area contributed by atoms with Crippen LogP contribution in [0.25, 0.3) is 0 Å². The summed E-state index contributed by atoms with van der Waals surface area (Å²) in [5.74, 6) is 1.16. The van der Waals surface area contributed by atoms with Gasteiger partial charge in [-0.3, -0.25) is 4.79 Å². The van der Waals surface area contributed by atoms with Crippen LogP contribution in [0.3, 0.4) is 0 Å². The summed E-state index contributed by atoms with van der Waals surface area (Å²) in [5, 5.41) is 6.30. The number of benzene rings is 3. The van der Waals surface area contributed by atoms with Crippen LogP contribution in [-0.2, 0) is 4.79 Å². The molecule has 0 bridgehead atoms. The second kappa shape index (κ2) is 8.95. The molecule has 0 saturated carbocycles. The van der Waals surface area contributed by atoms with Crippen molar-refractivity contribution < 1.29 is 14.3 Å². The number of nitrogens with one attached hydrogen (secondary N) is 2. The molecule has 5 nitrogen and oxygen atoms in total. The van der Waals surface area contributed by atoms with E-state index in [0.717, 1.165) is 22.6 Å². The lowest BCUT2D eigenvalue weighted by atomic mass is 10.1. The number of hydrogen-bond acceptors (Lipinski definition) is 4. The van der Waals surface area contributed by atoms with Crippen molar-refractivity contribution >= 4 is 17.3 Å². The molecule has 1 atom stereocenters. The third-order valence-corrected chi connectivity index (χ3v) is 4.39. The first-order chi connectivity index (χ1) is 13.6. The van der Waals surface area contributed by atoms with Crippen LogP contribution in [-0.4, -0.2) is 20.1 Å². The van der Waals surface area contributed by atoms with Crippen molar-refractivity contribution in [3.05, 3.63) is 83.9 Å². The van der Waals surface area contributed by atoms with Gasteiger partial charge in [-0.05, 0) is 42.3 Å². The van der Waals surface area contributed by atoms with Gasteiger partial charge in [-0.15, -0.1) is 0 Å². The summed E-state index contributed by atoms with van der Waals surface area (Å²) in [6.45, 7) is 1.97. The lowest BCUT2D eigenvalue weighted by Crippen LogP contribution is -2.27. The van der Waals surface area contributed by atoms with Gasteiger partial charge in [-0.2, -0.15) is 0 Å². The van der Waals surface area contributed by atoms with Gasteiger partial charge in [-0.25, -0.2) is 0 Å². The van der Waals surface area contributed by atoms with Crippen molar-refractivity contribution in [3.8, 4) is 11.5 Å². The number of carbonyl (C=O) groups excluding carboxylic acids is 1. The summed E-state index contributed by atoms with van der Waals surface area (Å²) in [6.07, 6.45) is 0. The summed E-state index contributed by atoms with van der Waals surface area (Å²) in [4.78, 5) is 13.2. The van der Waals surface area contributed by atoms with Crippen molar-refractivity contribution in [1.82, 2.24) is 0 Å². The molecule has 0 spiro atoms. The second-order valence-electron chi connectivity index (χ2n) is 6.41. The first-order valence-corrected chi connectivity index (χ1v) is 9.01. The lowest BCUT2D eigenvalue weighted by Gasteiger charge is -2.21. The number of hydrogen-bond donors (Lipinski definition) is 2. The Labute approximate surface area is 165 Å². The molecule has 1 amide bonds. The number of ether oxygens (including phenoxy) is 2. The van der Waals surface area contributed by atoms with Crippen molar-refractivity contribution in [2.75, 3.05) is 24.9 Å². The maximum absolute atomic E-state index is 13.2. The van der Waals surface area contributed by atoms with Crippen LogP contribution in [0, 0.1) is 6.92 Å². The Kier molecular flexibility index (Phi) is 6.17. The number of methoxy groups -OCH3 is 2. The normalized spacial score (nSPS) is 11.4. The largest absolute Gasteiger partial charge is 0.497 e. The van der Waals surface area contributed by atoms with Crippen LogP contribution in [0.2, 0.25) is 0 Å². The Bertz CT molecular complexity index is 942. The molecule has 0 fully saturated rings. The van der Waals surface area contributed by atoms with E-state index in [4.69, 9.17) is 9.47 Å². The molecule has 0 saturated heterocycles. The van der Waals surface area contributed by atoms with Crippen LogP contribution in [0.5, 0.6) is 11.5 Å². The highest BCUT2D eigenvalue weighted by molar-refractivity contribution is 5.98. The molecular formula is C23H24N2O3. The van der Waals surface area contributed by atoms with E-state index in [1.807, 2.05) is 79.7 Å². The second-order valence-corrected chi connectivity index (χ2v) is 6.41. The molecule has 0 unspecified atom stereocenters. The minimum absolute atomic E-state index is 0.182. The van der Waals surface area contributed by atoms with Crippen molar-refractivity contribution in [3.63, 3.8) is 0 Å². The first-order valence-electron chi connectivity index (χ1n) is 9.01. The molecule has 0 aliphatic rings. The molecule has 28 heavy (non-hydrogen) atoms. The number of rotatable bonds is 7. The predicted molar refractivity (Wildman–Crippen MR) is 112 cm³/mol. The van der Waals surface area contributed by atoms with Crippen LogP contribution in [0.4, 0.5) is 11.4 Å². The van der Waals surface area contributed by atoms with Gasteiger partial charge in [-0.1, -0.05) is 42.5 Å². The Hall–Kier alpha value is -3.47. The lowest BCUT2D eigenvalue weighted by molar-refractivity contribution is -0.117. The fourth-order valence-electron chi connectivity index (χ4n) is 2.95. The average Bonchev–Trinajstić information content (AvgIpc) is 2.73. The number of carbonyl (C=O) groups is 1. The van der Waals surface area contributed by atoms with Crippen molar-refractivity contribution in [2.24, 2.45) is 0 Å². The molecule has 0 aliphatic carbocycles. The van der Waals surface area contributed by atoms with E-state index in [0.29, 0.717) is 11.4 Å². The van der Waals surface area contributed by atoms with Crippen molar-refractivity contribution in [1.29, 1.82) is 0 Å². The van der Waals surface area contributed by atoms with Gasteiger partial charge in [0, 0.05) is 11.8 Å². The highest BCUT2D eigenvalue weighted by Crippen LogP contribution is 2.28. The quantitative estimate of drug-likeness (QED) is 0.622. The number of aryl methyl sites for hydroxylation is 1. The molecule has 144 valence electrons. The van der Waals surface area contributed by atoms with Gasteiger partial charge in [0.2, 0.25) is 0 Å². The van der Waals surface area contributed by atoms with Crippen LogP contribution in [0.15, 0.2) is 72.8 Å². The molecule has 0 aromatic heterocycles. The van der Waals surface area contributed by atoms with Crippen molar-refractivity contribution in [2.45, 2.75) is 13.0 Å². The van der Waals surface area contributed by atoms with E-state index < -0.39 is 6.04 Å². The zero-order valence-corrected chi connectivity index (χ0v) is 16.2. The minimum atomic E-state index is -0.585. The average molecular weight is 376 g/mol. The van der Waals surface area contributed by atoms with Gasteiger partial charge in [0.1, 0.15) is 17.5 Å². The predicted octanol–water partition coefficient (Wildman–Crippen LogP) is 4.80. The molecule has 2 N–H and O–H groups in total. The molecule has 3 aromatic carbocycles. The van der Waals surface area contributed by atoms with E-state index in [-0.39, 0.29) is 5.91 Å². The van der Waals surface area contributed by atoms with Gasteiger partial charge in [0.15, 0.2) is 0 Å². The monoisotopic (exact) mass is 376 g/mol. The van der Waals surface area contributed by atoms with E-state index >= 15 is 0 Å². The van der Waals surface area contributed by atoms with Gasteiger partial charge in [0.25, 0.3) is 5.91 Å².